The quantitative estimate of drug-likeness (QED) is 0.631. The smallest absolute Gasteiger partial charge is 0.143 e. The summed E-state index contributed by atoms with van der Waals surface area (Å²) in [4.78, 5) is 9.98. The van der Waals surface area contributed by atoms with Crippen molar-refractivity contribution in [2.75, 3.05) is 20.1 Å². The number of ketones is 1. The second kappa shape index (κ2) is 12.3. The van der Waals surface area contributed by atoms with Crippen molar-refractivity contribution in [1.82, 2.24) is 5.32 Å². The molecule has 11 heavy (non-hydrogen) atoms. The number of hydrogen-bond acceptors (Lipinski definition) is 3. The highest BCUT2D eigenvalue weighted by Gasteiger charge is 1.82. The minimum atomic E-state index is 0.178. The van der Waals surface area contributed by atoms with E-state index < -0.39 is 0 Å². The maximum atomic E-state index is 9.98. The van der Waals surface area contributed by atoms with Crippen LogP contribution >= 0.6 is 0 Å². The van der Waals surface area contributed by atoms with Gasteiger partial charge in [0.2, 0.25) is 0 Å². The van der Waals surface area contributed by atoms with Crippen molar-refractivity contribution >= 4 is 5.78 Å². The van der Waals surface area contributed by atoms with Gasteiger partial charge in [-0.25, -0.2) is 0 Å². The normalized spacial score (nSPS) is 8.36. The number of rotatable bonds is 4. The van der Waals surface area contributed by atoms with Gasteiger partial charge in [-0.2, -0.15) is 0 Å². The fourth-order valence-corrected chi connectivity index (χ4v) is 0.453. The Balaban J connectivity index is 0. The van der Waals surface area contributed by atoms with Crippen LogP contribution in [0.1, 0.15) is 26.7 Å². The highest BCUT2D eigenvalue weighted by Crippen LogP contribution is 1.77. The van der Waals surface area contributed by atoms with Crippen molar-refractivity contribution in [3.8, 4) is 0 Å². The molecule has 0 aliphatic carbocycles. The van der Waals surface area contributed by atoms with E-state index in [0.717, 1.165) is 6.54 Å². The van der Waals surface area contributed by atoms with Crippen LogP contribution in [0.15, 0.2) is 0 Å². The first-order valence-electron chi connectivity index (χ1n) is 4.03. The van der Waals surface area contributed by atoms with Crippen molar-refractivity contribution in [2.45, 2.75) is 26.7 Å². The van der Waals surface area contributed by atoms with E-state index in [0.29, 0.717) is 6.54 Å². The molecule has 0 aromatic carbocycles. The summed E-state index contributed by atoms with van der Waals surface area (Å²) in [7, 11) is 1.75. The van der Waals surface area contributed by atoms with Crippen LogP contribution in [0.2, 0.25) is 0 Å². The molecule has 0 radical (unpaired) electrons. The number of unbranched alkanes of at least 4 members (excludes halogenated alkanes) is 1. The molecule has 0 atom stereocenters. The maximum Gasteiger partial charge on any atom is 0.143 e. The van der Waals surface area contributed by atoms with Crippen molar-refractivity contribution in [2.24, 2.45) is 5.73 Å². The number of likely N-dealkylation sites (N-methyl/N-ethyl adjacent to an activating group) is 1. The molecular weight excluding hydrogens is 140 g/mol. The van der Waals surface area contributed by atoms with Crippen LogP contribution in [0, 0.1) is 0 Å². The Hall–Kier alpha value is -0.410. The van der Waals surface area contributed by atoms with E-state index in [9.17, 15) is 4.79 Å². The molecule has 0 spiro atoms. The van der Waals surface area contributed by atoms with E-state index >= 15 is 0 Å². The van der Waals surface area contributed by atoms with Gasteiger partial charge >= 0.3 is 0 Å². The van der Waals surface area contributed by atoms with Crippen molar-refractivity contribution in [3.05, 3.63) is 0 Å². The van der Waals surface area contributed by atoms with Gasteiger partial charge in [-0.1, -0.05) is 13.3 Å². The molecule has 0 amide bonds. The second-order valence-corrected chi connectivity index (χ2v) is 2.37. The summed E-state index contributed by atoms with van der Waals surface area (Å²) < 4.78 is 0. The predicted molar refractivity (Wildman–Crippen MR) is 48.6 cm³/mol. The summed E-state index contributed by atoms with van der Waals surface area (Å²) >= 11 is 0. The predicted octanol–water partition coefficient (Wildman–Crippen LogP) is 0.540. The lowest BCUT2D eigenvalue weighted by atomic mass is 10.3. The van der Waals surface area contributed by atoms with Crippen molar-refractivity contribution in [3.63, 3.8) is 0 Å². The van der Waals surface area contributed by atoms with Gasteiger partial charge in [-0.3, -0.25) is 4.79 Å². The average molecular weight is 160 g/mol. The molecule has 0 heterocycles. The van der Waals surface area contributed by atoms with Crippen molar-refractivity contribution < 1.29 is 4.79 Å². The first-order chi connectivity index (χ1) is 5.18. The lowest BCUT2D eigenvalue weighted by molar-refractivity contribution is -0.116. The van der Waals surface area contributed by atoms with Crippen molar-refractivity contribution in [1.29, 1.82) is 0 Å². The maximum absolute atomic E-state index is 9.98. The van der Waals surface area contributed by atoms with Crippen LogP contribution in [0.4, 0.5) is 0 Å². The summed E-state index contributed by atoms with van der Waals surface area (Å²) in [5.41, 5.74) is 5.14. The monoisotopic (exact) mass is 160 g/mol. The number of nitrogens with one attached hydrogen (secondary N) is 1. The van der Waals surface area contributed by atoms with Gasteiger partial charge in [-0.15, -0.1) is 0 Å². The number of hydrogen-bond donors (Lipinski definition) is 2. The van der Waals surface area contributed by atoms with Gasteiger partial charge in [0, 0.05) is 0 Å². The second-order valence-electron chi connectivity index (χ2n) is 2.37. The van der Waals surface area contributed by atoms with Crippen LogP contribution in [-0.4, -0.2) is 25.9 Å². The van der Waals surface area contributed by atoms with E-state index in [2.05, 4.69) is 12.2 Å². The number of Topliss-reactive ketones (excluding diaryl/α,β-unsaturated/α-hetero) is 1. The molecule has 0 rings (SSSR count). The Bertz CT molecular complexity index is 82.2. The van der Waals surface area contributed by atoms with E-state index in [1.807, 2.05) is 0 Å². The van der Waals surface area contributed by atoms with Gasteiger partial charge in [0.1, 0.15) is 5.78 Å². The third kappa shape index (κ3) is 26.2. The Morgan fingerprint density at radius 3 is 2.09 bits per heavy atom. The van der Waals surface area contributed by atoms with Crippen LogP contribution in [0.3, 0.4) is 0 Å². The first-order valence-corrected chi connectivity index (χ1v) is 4.03. The summed E-state index contributed by atoms with van der Waals surface area (Å²) in [5, 5.41) is 2.72. The topological polar surface area (TPSA) is 55.1 Å². The molecule has 0 fully saturated rings. The number of carbonyl (C=O) groups is 1. The zero-order valence-electron chi connectivity index (χ0n) is 7.81. The zero-order chi connectivity index (χ0) is 9.11. The largest absolute Gasteiger partial charge is 0.330 e. The van der Waals surface area contributed by atoms with Gasteiger partial charge in [-0.05, 0) is 26.9 Å². The Morgan fingerprint density at radius 2 is 2.09 bits per heavy atom. The average Bonchev–Trinajstić information content (AvgIpc) is 1.90. The van der Waals surface area contributed by atoms with E-state index in [1.165, 1.54) is 12.8 Å². The number of carbonyl (C=O) groups excluding carboxylic acids is 1. The van der Waals surface area contributed by atoms with Gasteiger partial charge in [0.25, 0.3) is 0 Å². The van der Waals surface area contributed by atoms with Crippen LogP contribution < -0.4 is 11.1 Å². The van der Waals surface area contributed by atoms with Gasteiger partial charge in [0.15, 0.2) is 0 Å². The minimum absolute atomic E-state index is 0.178. The van der Waals surface area contributed by atoms with Crippen LogP contribution in [0.5, 0.6) is 0 Å². The van der Waals surface area contributed by atoms with Gasteiger partial charge in [0.05, 0.1) is 6.54 Å². The Kier molecular flexibility index (Phi) is 14.7. The number of nitrogens with two attached hydrogens (primary N) is 1. The Labute approximate surface area is 69.4 Å². The molecular formula is C8H20N2O. The van der Waals surface area contributed by atoms with E-state index in [1.54, 1.807) is 14.0 Å². The molecule has 0 saturated heterocycles. The molecule has 3 N–H and O–H groups in total. The summed E-state index contributed by atoms with van der Waals surface area (Å²) in [6.45, 7) is 5.01. The molecule has 0 unspecified atom stereocenters. The molecule has 0 aliphatic rings. The Morgan fingerprint density at radius 1 is 1.55 bits per heavy atom. The first kappa shape index (κ1) is 13.2. The fourth-order valence-electron chi connectivity index (χ4n) is 0.453. The summed E-state index contributed by atoms with van der Waals surface area (Å²) in [6.07, 6.45) is 2.39. The molecule has 0 aromatic heterocycles. The molecule has 3 nitrogen and oxygen atoms in total. The molecule has 3 heteroatoms. The van der Waals surface area contributed by atoms with Crippen LogP contribution in [0.25, 0.3) is 0 Å². The molecule has 68 valence electrons. The lowest BCUT2D eigenvalue weighted by Gasteiger charge is -1.85. The highest BCUT2D eigenvalue weighted by atomic mass is 16.1. The van der Waals surface area contributed by atoms with E-state index in [-0.39, 0.29) is 5.78 Å². The van der Waals surface area contributed by atoms with Gasteiger partial charge < -0.3 is 11.1 Å². The highest BCUT2D eigenvalue weighted by molar-refractivity contribution is 5.77. The standard InChI is InChI=1S/C4H9NO.C4H11N/c1-4(6)3-5-2;1-2-3-4-5/h5H,3H2,1-2H3;2-5H2,1H3. The molecule has 0 bridgehead atoms. The molecule has 0 aliphatic heterocycles. The lowest BCUT2D eigenvalue weighted by Crippen LogP contribution is -2.14. The fraction of sp³-hybridized carbons (Fsp3) is 0.875. The summed E-state index contributed by atoms with van der Waals surface area (Å²) in [6, 6.07) is 0. The van der Waals surface area contributed by atoms with E-state index in [4.69, 9.17) is 5.73 Å². The zero-order valence-corrected chi connectivity index (χ0v) is 7.81. The van der Waals surface area contributed by atoms with Crippen LogP contribution in [-0.2, 0) is 4.79 Å². The minimum Gasteiger partial charge on any atom is -0.330 e. The molecule has 0 saturated carbocycles. The SMILES string of the molecule is CCCCN.CNCC(C)=O. The third-order valence-electron chi connectivity index (χ3n) is 0.983. The third-order valence-corrected chi connectivity index (χ3v) is 0.983. The molecule has 0 aromatic rings. The summed E-state index contributed by atoms with van der Waals surface area (Å²) in [5.74, 6) is 0.178.